The molecule has 0 saturated heterocycles. The van der Waals surface area contributed by atoms with Crippen molar-refractivity contribution in [2.75, 3.05) is 18.0 Å². The van der Waals surface area contributed by atoms with Crippen LogP contribution in [0.4, 0.5) is 5.69 Å². The Bertz CT molecular complexity index is 950. The van der Waals surface area contributed by atoms with E-state index in [-0.39, 0.29) is 23.3 Å². The van der Waals surface area contributed by atoms with Gasteiger partial charge < -0.3 is 10.2 Å². The Morgan fingerprint density at radius 1 is 1.04 bits per heavy atom. The lowest BCUT2D eigenvalue weighted by Gasteiger charge is -2.20. The Morgan fingerprint density at radius 3 is 2.50 bits per heavy atom. The smallest absolute Gasteiger partial charge is 0.287 e. The number of para-hydroxylation sites is 1. The number of benzene rings is 1. The molecule has 2 heterocycles. The zero-order valence-corrected chi connectivity index (χ0v) is 16.4. The van der Waals surface area contributed by atoms with Gasteiger partial charge in [0.05, 0.1) is 5.52 Å². The zero-order chi connectivity index (χ0) is 19.9. The lowest BCUT2D eigenvalue weighted by molar-refractivity contribution is 0.0942. The number of carbonyl (C=O) groups excluding carboxylic acids is 2. The van der Waals surface area contributed by atoms with Gasteiger partial charge in [0.1, 0.15) is 0 Å². The largest absolute Gasteiger partial charge is 0.349 e. The van der Waals surface area contributed by atoms with Crippen LogP contribution in [0, 0.1) is 0 Å². The zero-order valence-electron chi connectivity index (χ0n) is 16.4. The molecule has 0 aliphatic carbocycles. The van der Waals surface area contributed by atoms with Gasteiger partial charge in [-0.15, -0.1) is 0 Å². The highest BCUT2D eigenvalue weighted by Crippen LogP contribution is 2.20. The van der Waals surface area contributed by atoms with Crippen molar-refractivity contribution in [1.82, 2.24) is 14.7 Å². The maximum absolute atomic E-state index is 13.2. The summed E-state index contributed by atoms with van der Waals surface area (Å²) < 4.78 is 1.68. The molecule has 0 spiro atoms. The predicted octanol–water partition coefficient (Wildman–Crippen LogP) is 3.92. The summed E-state index contributed by atoms with van der Waals surface area (Å²) in [6.07, 6.45) is 4.84. The summed E-state index contributed by atoms with van der Waals surface area (Å²) in [6, 6.07) is 15.0. The van der Waals surface area contributed by atoms with Gasteiger partial charge in [-0.1, -0.05) is 44.0 Å². The van der Waals surface area contributed by atoms with E-state index in [1.165, 1.54) is 0 Å². The van der Waals surface area contributed by atoms with Crippen LogP contribution < -0.4 is 10.2 Å². The monoisotopic (exact) mass is 378 g/mol. The third-order valence-electron chi connectivity index (χ3n) is 4.65. The minimum atomic E-state index is -0.265. The average Bonchev–Trinajstić information content (AvgIpc) is 3.12. The predicted molar refractivity (Wildman–Crippen MR) is 111 cm³/mol. The second-order valence-corrected chi connectivity index (χ2v) is 6.59. The molecule has 3 rings (SSSR count). The van der Waals surface area contributed by atoms with E-state index < -0.39 is 0 Å². The molecule has 2 amide bonds. The maximum Gasteiger partial charge on any atom is 0.287 e. The molecule has 3 aromatic rings. The van der Waals surface area contributed by atoms with Crippen LogP contribution >= 0.6 is 0 Å². The normalized spacial score (nSPS) is 10.8. The van der Waals surface area contributed by atoms with Crippen molar-refractivity contribution in [2.24, 2.45) is 0 Å². The number of aromatic nitrogens is 2. The van der Waals surface area contributed by atoms with Gasteiger partial charge in [0, 0.05) is 25.0 Å². The van der Waals surface area contributed by atoms with Gasteiger partial charge in [0.25, 0.3) is 11.8 Å². The first kappa shape index (κ1) is 19.6. The second kappa shape index (κ2) is 9.17. The summed E-state index contributed by atoms with van der Waals surface area (Å²) in [5.41, 5.74) is 1.71. The van der Waals surface area contributed by atoms with E-state index in [2.05, 4.69) is 17.2 Å². The number of hydrogen-bond donors (Lipinski definition) is 1. The molecule has 6 heteroatoms. The van der Waals surface area contributed by atoms with Crippen LogP contribution in [0.25, 0.3) is 5.52 Å². The second-order valence-electron chi connectivity index (χ2n) is 6.59. The third-order valence-corrected chi connectivity index (χ3v) is 4.65. The molecule has 28 heavy (non-hydrogen) atoms. The fourth-order valence-electron chi connectivity index (χ4n) is 3.19. The first-order valence-corrected chi connectivity index (χ1v) is 9.79. The molecule has 0 radical (unpaired) electrons. The number of nitrogens with zero attached hydrogens (tertiary/aromatic N) is 3. The number of rotatable bonds is 8. The summed E-state index contributed by atoms with van der Waals surface area (Å²) in [5.74, 6) is -0.249. The van der Waals surface area contributed by atoms with Gasteiger partial charge in [-0.3, -0.25) is 14.0 Å². The SMILES string of the molecule is CCCCCNC(=O)c1nc(C(=O)N(CC)c2ccccc2)c2ccccn12. The van der Waals surface area contributed by atoms with Crippen LogP contribution in [0.1, 0.15) is 54.2 Å². The lowest BCUT2D eigenvalue weighted by atomic mass is 10.2. The van der Waals surface area contributed by atoms with Crippen LogP contribution in [0.5, 0.6) is 0 Å². The average molecular weight is 378 g/mol. The highest BCUT2D eigenvalue weighted by atomic mass is 16.2. The summed E-state index contributed by atoms with van der Waals surface area (Å²) in [5, 5.41) is 2.91. The standard InChI is InChI=1S/C22H26N4O2/c1-3-5-10-15-23-21(27)20-24-19(18-14-9-11-16-26(18)20)22(28)25(4-2)17-12-7-6-8-13-17/h6-9,11-14,16H,3-5,10,15H2,1-2H3,(H,23,27). The summed E-state index contributed by atoms with van der Waals surface area (Å²) in [7, 11) is 0. The molecule has 0 saturated carbocycles. The molecule has 2 aromatic heterocycles. The van der Waals surface area contributed by atoms with E-state index in [1.54, 1.807) is 15.5 Å². The number of anilines is 1. The Labute approximate surface area is 165 Å². The molecule has 146 valence electrons. The first-order chi connectivity index (χ1) is 13.7. The number of unbranched alkanes of at least 4 members (excludes halogenated alkanes) is 2. The van der Waals surface area contributed by atoms with Crippen molar-refractivity contribution >= 4 is 23.0 Å². The van der Waals surface area contributed by atoms with Gasteiger partial charge in [-0.05, 0) is 37.6 Å². The Kier molecular flexibility index (Phi) is 6.42. The number of nitrogens with one attached hydrogen (secondary N) is 1. The number of amides is 2. The molecule has 1 N–H and O–H groups in total. The van der Waals surface area contributed by atoms with Crippen molar-refractivity contribution < 1.29 is 9.59 Å². The highest BCUT2D eigenvalue weighted by Gasteiger charge is 2.25. The number of fused-ring (bicyclic) bond motifs is 1. The number of hydrogen-bond acceptors (Lipinski definition) is 3. The van der Waals surface area contributed by atoms with Crippen molar-refractivity contribution in [1.29, 1.82) is 0 Å². The minimum Gasteiger partial charge on any atom is -0.349 e. The summed E-state index contributed by atoms with van der Waals surface area (Å²) in [4.78, 5) is 32.0. The Morgan fingerprint density at radius 2 is 1.79 bits per heavy atom. The van der Waals surface area contributed by atoms with Crippen LogP contribution in [0.2, 0.25) is 0 Å². The molecule has 6 nitrogen and oxygen atoms in total. The Hall–Kier alpha value is -3.15. The quantitative estimate of drug-likeness (QED) is 0.604. The van der Waals surface area contributed by atoms with Crippen molar-refractivity contribution in [2.45, 2.75) is 33.1 Å². The first-order valence-electron chi connectivity index (χ1n) is 9.79. The Balaban J connectivity index is 1.93. The van der Waals surface area contributed by atoms with Gasteiger partial charge in [-0.2, -0.15) is 0 Å². The van der Waals surface area contributed by atoms with Gasteiger partial charge >= 0.3 is 0 Å². The molecule has 0 bridgehead atoms. The van der Waals surface area contributed by atoms with Crippen LogP contribution in [-0.4, -0.2) is 34.3 Å². The topological polar surface area (TPSA) is 66.7 Å². The van der Waals surface area contributed by atoms with E-state index in [0.717, 1.165) is 24.9 Å². The van der Waals surface area contributed by atoms with Crippen molar-refractivity contribution in [3.8, 4) is 0 Å². The van der Waals surface area contributed by atoms with E-state index in [1.807, 2.05) is 55.5 Å². The molecule has 0 aliphatic rings. The van der Waals surface area contributed by atoms with Crippen LogP contribution in [0.3, 0.4) is 0 Å². The fourth-order valence-corrected chi connectivity index (χ4v) is 3.19. The van der Waals surface area contributed by atoms with Crippen LogP contribution in [-0.2, 0) is 0 Å². The third kappa shape index (κ3) is 4.06. The highest BCUT2D eigenvalue weighted by molar-refractivity contribution is 6.10. The lowest BCUT2D eigenvalue weighted by Crippen LogP contribution is -2.31. The molecule has 0 atom stereocenters. The summed E-state index contributed by atoms with van der Waals surface area (Å²) >= 11 is 0. The number of imidazole rings is 1. The van der Waals surface area contributed by atoms with Gasteiger partial charge in [0.2, 0.25) is 5.82 Å². The molecular weight excluding hydrogens is 352 g/mol. The molecule has 0 aliphatic heterocycles. The minimum absolute atomic E-state index is 0.220. The molecular formula is C22H26N4O2. The van der Waals surface area contributed by atoms with Gasteiger partial charge in [0.15, 0.2) is 5.69 Å². The van der Waals surface area contributed by atoms with Crippen molar-refractivity contribution in [3.63, 3.8) is 0 Å². The van der Waals surface area contributed by atoms with E-state index >= 15 is 0 Å². The maximum atomic E-state index is 13.2. The van der Waals surface area contributed by atoms with Gasteiger partial charge in [-0.25, -0.2) is 4.98 Å². The fraction of sp³-hybridized carbons (Fsp3) is 0.318. The van der Waals surface area contributed by atoms with Crippen LogP contribution in [0.15, 0.2) is 54.7 Å². The summed E-state index contributed by atoms with van der Waals surface area (Å²) in [6.45, 7) is 5.15. The van der Waals surface area contributed by atoms with Crippen molar-refractivity contribution in [3.05, 3.63) is 66.2 Å². The van der Waals surface area contributed by atoms with E-state index in [9.17, 15) is 9.59 Å². The molecule has 0 unspecified atom stereocenters. The van der Waals surface area contributed by atoms with E-state index in [0.29, 0.717) is 18.6 Å². The molecule has 1 aromatic carbocycles. The van der Waals surface area contributed by atoms with E-state index in [4.69, 9.17) is 0 Å². The molecule has 0 fully saturated rings. The number of carbonyl (C=O) groups is 2. The number of pyridine rings is 1.